The maximum Gasteiger partial charge on any atom is 0.275 e. The van der Waals surface area contributed by atoms with Gasteiger partial charge in [-0.05, 0) is 60.6 Å². The van der Waals surface area contributed by atoms with Gasteiger partial charge in [-0.15, -0.1) is 11.3 Å². The molecule has 1 fully saturated rings. The van der Waals surface area contributed by atoms with E-state index in [-0.39, 0.29) is 23.5 Å². The second-order valence-electron chi connectivity index (χ2n) is 9.91. The standard InChI is InChI=1S/C32H32FN3O2S/c1-2-22-10-13-24(14-11-22)27-8-3-4-9-28(27)34-31(38)29-21-39-32(35-29)25-16-18-36(19-17-25)30(37)15-12-23-6-5-7-26(33)20-23/h3-11,13-14,20-21,25H,2,12,15-19H2,1H3,(H,34,38). The van der Waals surface area contributed by atoms with Crippen molar-refractivity contribution in [3.8, 4) is 11.1 Å². The Bertz CT molecular complexity index is 1440. The molecular weight excluding hydrogens is 509 g/mol. The van der Waals surface area contributed by atoms with Crippen molar-refractivity contribution in [3.05, 3.63) is 106 Å². The summed E-state index contributed by atoms with van der Waals surface area (Å²) in [6, 6.07) is 22.6. The number of nitrogens with zero attached hydrogens (tertiary/aromatic N) is 2. The number of hydrogen-bond donors (Lipinski definition) is 1. The molecule has 0 bridgehead atoms. The van der Waals surface area contributed by atoms with Crippen molar-refractivity contribution in [3.63, 3.8) is 0 Å². The van der Waals surface area contributed by atoms with Crippen LogP contribution in [0.15, 0.2) is 78.2 Å². The van der Waals surface area contributed by atoms with Crippen LogP contribution < -0.4 is 5.32 Å². The van der Waals surface area contributed by atoms with Crippen molar-refractivity contribution in [2.45, 2.75) is 44.9 Å². The Morgan fingerprint density at radius 3 is 2.51 bits per heavy atom. The quantitative estimate of drug-likeness (QED) is 0.259. The van der Waals surface area contributed by atoms with E-state index in [2.05, 4.69) is 41.5 Å². The number of amides is 2. The van der Waals surface area contributed by atoms with Gasteiger partial charge in [0.25, 0.3) is 5.91 Å². The molecule has 1 N–H and O–H groups in total. The predicted molar refractivity (Wildman–Crippen MR) is 155 cm³/mol. The Balaban J connectivity index is 1.16. The lowest BCUT2D eigenvalue weighted by Crippen LogP contribution is -2.38. The number of anilines is 1. The molecule has 1 aromatic heterocycles. The van der Waals surface area contributed by atoms with Crippen molar-refractivity contribution in [1.29, 1.82) is 0 Å². The van der Waals surface area contributed by atoms with Crippen molar-refractivity contribution in [2.24, 2.45) is 0 Å². The molecule has 4 aromatic rings. The van der Waals surface area contributed by atoms with E-state index in [1.165, 1.54) is 29.0 Å². The van der Waals surface area contributed by atoms with Crippen LogP contribution in [0, 0.1) is 5.82 Å². The summed E-state index contributed by atoms with van der Waals surface area (Å²) in [4.78, 5) is 32.4. The summed E-state index contributed by atoms with van der Waals surface area (Å²) in [6.45, 7) is 3.46. The van der Waals surface area contributed by atoms with Gasteiger partial charge in [0, 0.05) is 42.1 Å². The van der Waals surface area contributed by atoms with Gasteiger partial charge in [-0.2, -0.15) is 0 Å². The highest BCUT2D eigenvalue weighted by atomic mass is 32.1. The van der Waals surface area contributed by atoms with E-state index in [0.717, 1.165) is 46.6 Å². The maximum atomic E-state index is 13.4. The van der Waals surface area contributed by atoms with Gasteiger partial charge in [0.1, 0.15) is 11.5 Å². The fourth-order valence-corrected chi connectivity index (χ4v) is 5.98. The number of thiazole rings is 1. The number of hydrogen-bond acceptors (Lipinski definition) is 4. The molecule has 7 heteroatoms. The fourth-order valence-electron chi connectivity index (χ4n) is 5.01. The van der Waals surface area contributed by atoms with E-state index in [0.29, 0.717) is 31.6 Å². The second-order valence-corrected chi connectivity index (χ2v) is 10.8. The molecule has 0 atom stereocenters. The van der Waals surface area contributed by atoms with Crippen LogP contribution in [0.2, 0.25) is 0 Å². The fraction of sp³-hybridized carbons (Fsp3) is 0.281. The number of rotatable bonds is 8. The Morgan fingerprint density at radius 1 is 1.00 bits per heavy atom. The SMILES string of the molecule is CCc1ccc(-c2ccccc2NC(=O)c2csc(C3CCN(C(=O)CCc4cccc(F)c4)CC3)n2)cc1. The summed E-state index contributed by atoms with van der Waals surface area (Å²) in [5, 5.41) is 5.81. The molecule has 5 rings (SSSR count). The first kappa shape index (κ1) is 26.8. The lowest BCUT2D eigenvalue weighted by atomic mass is 9.97. The Hall–Kier alpha value is -3.84. The Morgan fingerprint density at radius 2 is 1.77 bits per heavy atom. The van der Waals surface area contributed by atoms with Crippen LogP contribution in [-0.2, 0) is 17.6 Å². The molecule has 1 aliphatic heterocycles. The molecule has 3 aromatic carbocycles. The zero-order chi connectivity index (χ0) is 27.2. The summed E-state index contributed by atoms with van der Waals surface area (Å²) in [7, 11) is 0. The van der Waals surface area contributed by atoms with Crippen LogP contribution in [-0.4, -0.2) is 34.8 Å². The van der Waals surface area contributed by atoms with Crippen molar-refractivity contribution in [2.75, 3.05) is 18.4 Å². The molecule has 0 saturated carbocycles. The molecular formula is C32H32FN3O2S. The van der Waals surface area contributed by atoms with Crippen LogP contribution >= 0.6 is 11.3 Å². The molecule has 0 unspecified atom stereocenters. The van der Waals surface area contributed by atoms with E-state index in [1.54, 1.807) is 6.07 Å². The van der Waals surface area contributed by atoms with Crippen LogP contribution in [0.3, 0.4) is 0 Å². The van der Waals surface area contributed by atoms with E-state index in [4.69, 9.17) is 0 Å². The first-order valence-electron chi connectivity index (χ1n) is 13.5. The highest BCUT2D eigenvalue weighted by Gasteiger charge is 2.26. The van der Waals surface area contributed by atoms with E-state index >= 15 is 0 Å². The van der Waals surface area contributed by atoms with E-state index in [9.17, 15) is 14.0 Å². The van der Waals surface area contributed by atoms with Gasteiger partial charge in [-0.3, -0.25) is 9.59 Å². The Labute approximate surface area is 232 Å². The average molecular weight is 542 g/mol. The summed E-state index contributed by atoms with van der Waals surface area (Å²) in [5.74, 6) is -0.170. The number of carbonyl (C=O) groups is 2. The molecule has 2 amide bonds. The van der Waals surface area contributed by atoms with Gasteiger partial charge in [0.05, 0.1) is 5.01 Å². The first-order valence-corrected chi connectivity index (χ1v) is 14.4. The second kappa shape index (κ2) is 12.3. The summed E-state index contributed by atoms with van der Waals surface area (Å²) >= 11 is 1.51. The molecule has 2 heterocycles. The Kier molecular flexibility index (Phi) is 8.47. The monoisotopic (exact) mass is 541 g/mol. The van der Waals surface area contributed by atoms with Crippen LogP contribution in [0.1, 0.15) is 58.7 Å². The number of nitrogens with one attached hydrogen (secondary N) is 1. The molecule has 1 saturated heterocycles. The molecule has 0 radical (unpaired) electrons. The van der Waals surface area contributed by atoms with Gasteiger partial charge in [0.2, 0.25) is 5.91 Å². The molecule has 5 nitrogen and oxygen atoms in total. The minimum absolute atomic E-state index is 0.0971. The molecule has 200 valence electrons. The summed E-state index contributed by atoms with van der Waals surface area (Å²) in [6.07, 6.45) is 3.53. The van der Waals surface area contributed by atoms with E-state index < -0.39 is 0 Å². The molecule has 0 aliphatic carbocycles. The zero-order valence-corrected chi connectivity index (χ0v) is 22.8. The van der Waals surface area contributed by atoms with Gasteiger partial charge in [0.15, 0.2) is 0 Å². The number of halogens is 1. The zero-order valence-electron chi connectivity index (χ0n) is 22.0. The topological polar surface area (TPSA) is 62.3 Å². The predicted octanol–water partition coefficient (Wildman–Crippen LogP) is 7.10. The van der Waals surface area contributed by atoms with E-state index in [1.807, 2.05) is 40.6 Å². The van der Waals surface area contributed by atoms with Gasteiger partial charge in [-0.1, -0.05) is 61.5 Å². The number of carbonyl (C=O) groups excluding carboxylic acids is 2. The number of aryl methyl sites for hydroxylation is 2. The normalized spacial score (nSPS) is 13.8. The largest absolute Gasteiger partial charge is 0.343 e. The van der Waals surface area contributed by atoms with Crippen LogP contribution in [0.25, 0.3) is 11.1 Å². The number of aromatic nitrogens is 1. The lowest BCUT2D eigenvalue weighted by molar-refractivity contribution is -0.132. The average Bonchev–Trinajstić information content (AvgIpc) is 3.47. The third-order valence-corrected chi connectivity index (χ3v) is 8.32. The summed E-state index contributed by atoms with van der Waals surface area (Å²) < 4.78 is 13.4. The minimum atomic E-state index is -0.275. The lowest BCUT2D eigenvalue weighted by Gasteiger charge is -2.31. The first-order chi connectivity index (χ1) is 19.0. The molecule has 0 spiro atoms. The van der Waals surface area contributed by atoms with Gasteiger partial charge < -0.3 is 10.2 Å². The third-order valence-electron chi connectivity index (χ3n) is 7.32. The van der Waals surface area contributed by atoms with Gasteiger partial charge in [-0.25, -0.2) is 9.37 Å². The maximum absolute atomic E-state index is 13.4. The smallest absolute Gasteiger partial charge is 0.275 e. The number of piperidine rings is 1. The number of benzene rings is 3. The number of likely N-dealkylation sites (tertiary alicyclic amines) is 1. The van der Waals surface area contributed by atoms with Crippen molar-refractivity contribution < 1.29 is 14.0 Å². The van der Waals surface area contributed by atoms with Crippen LogP contribution in [0.5, 0.6) is 0 Å². The van der Waals surface area contributed by atoms with Crippen molar-refractivity contribution in [1.82, 2.24) is 9.88 Å². The molecule has 39 heavy (non-hydrogen) atoms. The minimum Gasteiger partial charge on any atom is -0.343 e. The summed E-state index contributed by atoms with van der Waals surface area (Å²) in [5.41, 5.74) is 5.31. The number of para-hydroxylation sites is 1. The van der Waals surface area contributed by atoms with Crippen LogP contribution in [0.4, 0.5) is 10.1 Å². The highest BCUT2D eigenvalue weighted by Crippen LogP contribution is 2.32. The molecule has 1 aliphatic rings. The third kappa shape index (κ3) is 6.60. The van der Waals surface area contributed by atoms with Crippen molar-refractivity contribution >= 4 is 28.8 Å². The van der Waals surface area contributed by atoms with Gasteiger partial charge >= 0.3 is 0 Å². The highest BCUT2D eigenvalue weighted by molar-refractivity contribution is 7.10.